The van der Waals surface area contributed by atoms with Crippen LogP contribution in [0.1, 0.15) is 38.5 Å². The zero-order valence-electron chi connectivity index (χ0n) is 13.7. The highest BCUT2D eigenvalue weighted by Gasteiger charge is 2.45. The van der Waals surface area contributed by atoms with Crippen LogP contribution in [0.4, 0.5) is 5.69 Å². The molecular weight excluding hydrogens is 344 g/mol. The summed E-state index contributed by atoms with van der Waals surface area (Å²) in [6.45, 7) is 0. The third-order valence-corrected chi connectivity index (χ3v) is 5.87. The maximum atomic E-state index is 12.8. The lowest BCUT2D eigenvalue weighted by atomic mass is 9.84. The summed E-state index contributed by atoms with van der Waals surface area (Å²) in [4.78, 5) is 38.4. The average molecular weight is 364 g/mol. The fraction of sp³-hybridized carbons (Fsp3) is 0.471. The number of nitrogens with zero attached hydrogens (tertiary/aromatic N) is 1. The molecule has 0 bridgehead atoms. The number of sulfonamides is 1. The Bertz CT molecular complexity index is 816. The summed E-state index contributed by atoms with van der Waals surface area (Å²) in [5.41, 5.74) is 0.297. The molecule has 0 radical (unpaired) electrons. The second kappa shape index (κ2) is 6.68. The summed E-state index contributed by atoms with van der Waals surface area (Å²) in [5, 5.41) is 5.05. The van der Waals surface area contributed by atoms with Gasteiger partial charge >= 0.3 is 0 Å². The molecule has 1 aliphatic heterocycles. The van der Waals surface area contributed by atoms with E-state index >= 15 is 0 Å². The van der Waals surface area contributed by atoms with Gasteiger partial charge in [-0.3, -0.25) is 19.3 Å². The number of hydrogen-bond donors (Lipinski definition) is 1. The van der Waals surface area contributed by atoms with Crippen molar-refractivity contribution < 1.29 is 22.8 Å². The topological polar surface area (TPSA) is 115 Å². The van der Waals surface area contributed by atoms with Crippen LogP contribution in [0.3, 0.4) is 0 Å². The minimum Gasteiger partial charge on any atom is -0.299 e. The highest BCUT2D eigenvalue weighted by molar-refractivity contribution is 7.89. The Morgan fingerprint density at radius 2 is 1.64 bits per heavy atom. The Morgan fingerprint density at radius 1 is 0.960 bits per heavy atom. The van der Waals surface area contributed by atoms with Crippen LogP contribution in [0.2, 0.25) is 0 Å². The molecule has 2 unspecified atom stereocenters. The fourth-order valence-electron chi connectivity index (χ4n) is 3.64. The summed E-state index contributed by atoms with van der Waals surface area (Å²) in [5.74, 6) is -1.69. The Balaban J connectivity index is 1.85. The van der Waals surface area contributed by atoms with Gasteiger partial charge in [-0.15, -0.1) is 0 Å². The average Bonchev–Trinajstić information content (AvgIpc) is 2.71. The number of imide groups is 1. The van der Waals surface area contributed by atoms with Crippen molar-refractivity contribution in [2.45, 2.75) is 43.4 Å². The fourth-order valence-corrected chi connectivity index (χ4v) is 4.15. The van der Waals surface area contributed by atoms with E-state index in [9.17, 15) is 22.8 Å². The number of ketones is 1. The molecule has 3 rings (SSSR count). The minimum atomic E-state index is -3.84. The number of amides is 2. The van der Waals surface area contributed by atoms with Crippen molar-refractivity contribution in [2.75, 3.05) is 4.90 Å². The molecule has 7 nitrogen and oxygen atoms in total. The maximum Gasteiger partial charge on any atom is 0.238 e. The van der Waals surface area contributed by atoms with Gasteiger partial charge < -0.3 is 0 Å². The number of carbonyl (C=O) groups is 3. The molecule has 134 valence electrons. The van der Waals surface area contributed by atoms with Crippen molar-refractivity contribution in [1.29, 1.82) is 0 Å². The number of nitrogens with two attached hydrogens (primary N) is 1. The minimum absolute atomic E-state index is 0.0200. The molecular formula is C17H20N2O5S. The van der Waals surface area contributed by atoms with Crippen LogP contribution in [-0.2, 0) is 24.4 Å². The predicted molar refractivity (Wildman–Crippen MR) is 90.0 cm³/mol. The molecule has 1 saturated carbocycles. The standard InChI is InChI=1S/C17H20N2O5S/c18-25(23,24)12-8-6-11(7-9-12)19-16(21)10-14(17(19)22)13-4-2-1-3-5-15(13)20/h6-9,13-14H,1-5,10H2,(H2,18,23,24). The number of rotatable bonds is 3. The molecule has 2 N–H and O–H groups in total. The van der Waals surface area contributed by atoms with E-state index in [1.807, 2.05) is 0 Å². The van der Waals surface area contributed by atoms with E-state index in [1.54, 1.807) is 0 Å². The third-order valence-electron chi connectivity index (χ3n) is 4.94. The smallest absolute Gasteiger partial charge is 0.238 e. The van der Waals surface area contributed by atoms with E-state index in [1.165, 1.54) is 24.3 Å². The van der Waals surface area contributed by atoms with Gasteiger partial charge in [-0.25, -0.2) is 13.6 Å². The molecule has 25 heavy (non-hydrogen) atoms. The van der Waals surface area contributed by atoms with Gasteiger partial charge in [-0.05, 0) is 37.1 Å². The molecule has 1 aliphatic carbocycles. The zero-order valence-corrected chi connectivity index (χ0v) is 14.5. The Hall–Kier alpha value is -2.06. The van der Waals surface area contributed by atoms with Gasteiger partial charge in [0.05, 0.1) is 16.5 Å². The molecule has 1 aromatic carbocycles. The summed E-state index contributed by atoms with van der Waals surface area (Å²) < 4.78 is 22.6. The number of Topliss-reactive ketones (excluding diaryl/α,β-unsaturated/α-hetero) is 1. The van der Waals surface area contributed by atoms with Crippen LogP contribution >= 0.6 is 0 Å². The van der Waals surface area contributed by atoms with E-state index < -0.39 is 21.9 Å². The first-order valence-corrected chi connectivity index (χ1v) is 9.86. The first-order chi connectivity index (χ1) is 11.8. The molecule has 2 fully saturated rings. The van der Waals surface area contributed by atoms with Gasteiger partial charge in [0.2, 0.25) is 21.8 Å². The van der Waals surface area contributed by atoms with E-state index in [2.05, 4.69) is 0 Å². The number of hydrogen-bond acceptors (Lipinski definition) is 5. The monoisotopic (exact) mass is 364 g/mol. The molecule has 8 heteroatoms. The van der Waals surface area contributed by atoms with Crippen LogP contribution in [-0.4, -0.2) is 26.0 Å². The summed E-state index contributed by atoms with van der Waals surface area (Å²) in [7, 11) is -3.84. The van der Waals surface area contributed by atoms with Crippen LogP contribution < -0.4 is 10.0 Å². The lowest BCUT2D eigenvalue weighted by molar-refractivity contribution is -0.130. The Morgan fingerprint density at radius 3 is 2.28 bits per heavy atom. The van der Waals surface area contributed by atoms with Crippen molar-refractivity contribution in [3.8, 4) is 0 Å². The van der Waals surface area contributed by atoms with Crippen LogP contribution in [0.25, 0.3) is 0 Å². The normalized spacial score (nSPS) is 25.3. The largest absolute Gasteiger partial charge is 0.299 e. The lowest BCUT2D eigenvalue weighted by Crippen LogP contribution is -2.34. The predicted octanol–water partition coefficient (Wildman–Crippen LogP) is 1.36. The number of benzene rings is 1. The molecule has 2 amide bonds. The first-order valence-electron chi connectivity index (χ1n) is 8.31. The Kier molecular flexibility index (Phi) is 4.75. The first kappa shape index (κ1) is 17.8. The highest BCUT2D eigenvalue weighted by atomic mass is 32.2. The van der Waals surface area contributed by atoms with Crippen molar-refractivity contribution in [1.82, 2.24) is 0 Å². The second-order valence-electron chi connectivity index (χ2n) is 6.59. The van der Waals surface area contributed by atoms with E-state index in [0.29, 0.717) is 18.5 Å². The second-order valence-corrected chi connectivity index (χ2v) is 8.15. The van der Waals surface area contributed by atoms with Gasteiger partial charge in [-0.1, -0.05) is 12.8 Å². The van der Waals surface area contributed by atoms with Crippen molar-refractivity contribution in [3.05, 3.63) is 24.3 Å². The van der Waals surface area contributed by atoms with Crippen molar-refractivity contribution >= 4 is 33.3 Å². The SMILES string of the molecule is NS(=O)(=O)c1ccc(N2C(=O)CC(C3CCCCCC3=O)C2=O)cc1. The number of primary sulfonamides is 1. The van der Waals surface area contributed by atoms with Gasteiger partial charge in [-0.2, -0.15) is 0 Å². The van der Waals surface area contributed by atoms with E-state index in [-0.39, 0.29) is 28.9 Å². The van der Waals surface area contributed by atoms with Crippen LogP contribution in [0, 0.1) is 11.8 Å². The number of anilines is 1. The quantitative estimate of drug-likeness (QED) is 0.642. The summed E-state index contributed by atoms with van der Waals surface area (Å²) >= 11 is 0. The van der Waals surface area contributed by atoms with Gasteiger partial charge in [0, 0.05) is 18.8 Å². The van der Waals surface area contributed by atoms with Gasteiger partial charge in [0.15, 0.2) is 0 Å². The Labute approximate surface area is 146 Å². The van der Waals surface area contributed by atoms with Crippen LogP contribution in [0.15, 0.2) is 29.2 Å². The van der Waals surface area contributed by atoms with Crippen molar-refractivity contribution in [3.63, 3.8) is 0 Å². The molecule has 2 atom stereocenters. The van der Waals surface area contributed by atoms with E-state index in [4.69, 9.17) is 5.14 Å². The maximum absolute atomic E-state index is 12.8. The van der Waals surface area contributed by atoms with Crippen molar-refractivity contribution in [2.24, 2.45) is 17.0 Å². The lowest BCUT2D eigenvalue weighted by Gasteiger charge is -2.20. The number of carbonyl (C=O) groups excluding carboxylic acids is 3. The van der Waals surface area contributed by atoms with E-state index in [0.717, 1.165) is 24.2 Å². The van der Waals surface area contributed by atoms with Gasteiger partial charge in [0.25, 0.3) is 0 Å². The molecule has 0 spiro atoms. The summed E-state index contributed by atoms with van der Waals surface area (Å²) in [6.07, 6.45) is 3.81. The molecule has 1 saturated heterocycles. The molecule has 1 aromatic rings. The van der Waals surface area contributed by atoms with Crippen LogP contribution in [0.5, 0.6) is 0 Å². The summed E-state index contributed by atoms with van der Waals surface area (Å²) in [6, 6.07) is 5.28. The van der Waals surface area contributed by atoms with Gasteiger partial charge in [0.1, 0.15) is 5.78 Å². The molecule has 2 aliphatic rings. The zero-order chi connectivity index (χ0) is 18.2. The third kappa shape index (κ3) is 3.50. The highest BCUT2D eigenvalue weighted by Crippen LogP contribution is 2.36. The molecule has 0 aromatic heterocycles. The molecule has 1 heterocycles.